The zero-order valence-electron chi connectivity index (χ0n) is 10.6. The van der Waals surface area contributed by atoms with Gasteiger partial charge in [-0.1, -0.05) is 5.16 Å². The maximum absolute atomic E-state index is 5.57. The lowest BCUT2D eigenvalue weighted by atomic mass is 9.85. The van der Waals surface area contributed by atoms with Gasteiger partial charge in [-0.2, -0.15) is 0 Å². The molecule has 17 heavy (non-hydrogen) atoms. The molecule has 0 bridgehead atoms. The summed E-state index contributed by atoms with van der Waals surface area (Å²) >= 11 is 0. The van der Waals surface area contributed by atoms with E-state index in [-0.39, 0.29) is 12.2 Å². The highest BCUT2D eigenvalue weighted by atomic mass is 16.5. The van der Waals surface area contributed by atoms with E-state index in [4.69, 9.17) is 14.0 Å². The highest BCUT2D eigenvalue weighted by Gasteiger charge is 2.41. The standard InChI is InChI=1S/C12H20N2O3/c1-4-16-11-6-10(12(11)15-3)13-7-9-5-8(2)17-14-9/h5,10-13H,4,6-7H2,1-3H3. The number of methoxy groups -OCH3 is 1. The summed E-state index contributed by atoms with van der Waals surface area (Å²) in [4.78, 5) is 0. The van der Waals surface area contributed by atoms with Crippen LogP contribution in [0.25, 0.3) is 0 Å². The van der Waals surface area contributed by atoms with Crippen LogP contribution in [0, 0.1) is 6.92 Å². The van der Waals surface area contributed by atoms with Crippen LogP contribution >= 0.6 is 0 Å². The summed E-state index contributed by atoms with van der Waals surface area (Å²) in [5.41, 5.74) is 0.928. The molecule has 0 aliphatic heterocycles. The first-order valence-electron chi connectivity index (χ1n) is 6.04. The summed E-state index contributed by atoms with van der Waals surface area (Å²) in [6.45, 7) is 5.34. The first kappa shape index (κ1) is 12.5. The maximum Gasteiger partial charge on any atom is 0.133 e. The Morgan fingerprint density at radius 2 is 2.41 bits per heavy atom. The number of hydrogen-bond acceptors (Lipinski definition) is 5. The molecular weight excluding hydrogens is 220 g/mol. The molecule has 1 fully saturated rings. The van der Waals surface area contributed by atoms with Crippen LogP contribution in [0.1, 0.15) is 24.8 Å². The zero-order chi connectivity index (χ0) is 12.3. The van der Waals surface area contributed by atoms with Crippen LogP contribution in [0.5, 0.6) is 0 Å². The highest BCUT2D eigenvalue weighted by molar-refractivity contribution is 5.05. The van der Waals surface area contributed by atoms with E-state index in [1.54, 1.807) is 7.11 Å². The number of nitrogens with zero attached hydrogens (tertiary/aromatic N) is 1. The van der Waals surface area contributed by atoms with Gasteiger partial charge < -0.3 is 19.3 Å². The third-order valence-electron chi connectivity index (χ3n) is 3.12. The zero-order valence-corrected chi connectivity index (χ0v) is 10.6. The summed E-state index contributed by atoms with van der Waals surface area (Å²) in [6.07, 6.45) is 1.35. The molecule has 5 nitrogen and oxygen atoms in total. The molecule has 0 spiro atoms. The molecule has 0 amide bonds. The molecule has 1 saturated carbocycles. The van der Waals surface area contributed by atoms with Gasteiger partial charge in [0.25, 0.3) is 0 Å². The summed E-state index contributed by atoms with van der Waals surface area (Å²) in [7, 11) is 1.73. The van der Waals surface area contributed by atoms with E-state index in [1.807, 2.05) is 19.9 Å². The Labute approximate surface area is 101 Å². The molecule has 1 aliphatic carbocycles. The van der Waals surface area contributed by atoms with Crippen LogP contribution in [-0.4, -0.2) is 37.1 Å². The van der Waals surface area contributed by atoms with Crippen LogP contribution in [0.15, 0.2) is 10.6 Å². The van der Waals surface area contributed by atoms with Crippen LogP contribution in [0.2, 0.25) is 0 Å². The molecule has 1 aromatic rings. The van der Waals surface area contributed by atoms with E-state index in [9.17, 15) is 0 Å². The Morgan fingerprint density at radius 3 is 3.00 bits per heavy atom. The number of hydrogen-bond donors (Lipinski definition) is 1. The summed E-state index contributed by atoms with van der Waals surface area (Å²) in [6, 6.07) is 2.28. The minimum absolute atomic E-state index is 0.142. The lowest BCUT2D eigenvalue weighted by Crippen LogP contribution is -2.59. The van der Waals surface area contributed by atoms with E-state index >= 15 is 0 Å². The van der Waals surface area contributed by atoms with Crippen LogP contribution in [0.3, 0.4) is 0 Å². The van der Waals surface area contributed by atoms with Crippen LogP contribution in [-0.2, 0) is 16.0 Å². The summed E-state index contributed by atoms with van der Waals surface area (Å²) in [5, 5.41) is 7.35. The molecule has 1 N–H and O–H groups in total. The van der Waals surface area contributed by atoms with Gasteiger partial charge in [0, 0.05) is 32.4 Å². The van der Waals surface area contributed by atoms with Gasteiger partial charge in [0.1, 0.15) is 5.76 Å². The van der Waals surface area contributed by atoms with Crippen molar-refractivity contribution in [1.29, 1.82) is 0 Å². The Balaban J connectivity index is 1.77. The Morgan fingerprint density at radius 1 is 1.59 bits per heavy atom. The molecule has 5 heteroatoms. The van der Waals surface area contributed by atoms with E-state index < -0.39 is 0 Å². The van der Waals surface area contributed by atoms with E-state index in [1.165, 1.54) is 0 Å². The highest BCUT2D eigenvalue weighted by Crippen LogP contribution is 2.27. The Kier molecular flexibility index (Phi) is 4.15. The smallest absolute Gasteiger partial charge is 0.133 e. The molecule has 0 aromatic carbocycles. The third-order valence-corrected chi connectivity index (χ3v) is 3.12. The van der Waals surface area contributed by atoms with Crippen molar-refractivity contribution in [3.05, 3.63) is 17.5 Å². The quantitative estimate of drug-likeness (QED) is 0.811. The summed E-state index contributed by atoms with van der Waals surface area (Å²) in [5.74, 6) is 0.839. The van der Waals surface area contributed by atoms with Crippen molar-refractivity contribution in [3.63, 3.8) is 0 Å². The molecule has 3 unspecified atom stereocenters. The molecule has 2 rings (SSSR count). The SMILES string of the molecule is CCOC1CC(NCc2cc(C)on2)C1OC. The van der Waals surface area contributed by atoms with Crippen molar-refractivity contribution in [2.75, 3.05) is 13.7 Å². The van der Waals surface area contributed by atoms with Crippen molar-refractivity contribution in [2.45, 2.75) is 45.1 Å². The van der Waals surface area contributed by atoms with Gasteiger partial charge in [-0.05, 0) is 20.3 Å². The average Bonchev–Trinajstić information content (AvgIpc) is 2.69. The van der Waals surface area contributed by atoms with Crippen molar-refractivity contribution >= 4 is 0 Å². The minimum Gasteiger partial charge on any atom is -0.377 e. The molecular formula is C12H20N2O3. The molecule has 1 heterocycles. The van der Waals surface area contributed by atoms with E-state index in [0.29, 0.717) is 12.6 Å². The number of aryl methyl sites for hydroxylation is 1. The maximum atomic E-state index is 5.57. The molecule has 96 valence electrons. The number of aromatic nitrogens is 1. The van der Waals surface area contributed by atoms with Gasteiger partial charge in [0.2, 0.25) is 0 Å². The normalized spacial score (nSPS) is 28.1. The first-order chi connectivity index (χ1) is 8.24. The first-order valence-corrected chi connectivity index (χ1v) is 6.04. The van der Waals surface area contributed by atoms with Gasteiger partial charge in [-0.3, -0.25) is 0 Å². The van der Waals surface area contributed by atoms with Crippen molar-refractivity contribution in [3.8, 4) is 0 Å². The molecule has 0 radical (unpaired) electrons. The second-order valence-corrected chi connectivity index (χ2v) is 4.35. The van der Waals surface area contributed by atoms with E-state index in [2.05, 4.69) is 10.5 Å². The fourth-order valence-electron chi connectivity index (χ4n) is 2.21. The molecule has 1 aromatic heterocycles. The largest absolute Gasteiger partial charge is 0.377 e. The van der Waals surface area contributed by atoms with Gasteiger partial charge in [-0.25, -0.2) is 0 Å². The second-order valence-electron chi connectivity index (χ2n) is 4.35. The number of rotatable bonds is 6. The van der Waals surface area contributed by atoms with Gasteiger partial charge in [0.15, 0.2) is 0 Å². The predicted molar refractivity (Wildman–Crippen MR) is 62.7 cm³/mol. The molecule has 0 saturated heterocycles. The van der Waals surface area contributed by atoms with Crippen LogP contribution < -0.4 is 5.32 Å². The number of ether oxygens (including phenoxy) is 2. The van der Waals surface area contributed by atoms with Crippen molar-refractivity contribution in [1.82, 2.24) is 10.5 Å². The van der Waals surface area contributed by atoms with Gasteiger partial charge in [-0.15, -0.1) is 0 Å². The fourth-order valence-corrected chi connectivity index (χ4v) is 2.21. The third kappa shape index (κ3) is 2.86. The van der Waals surface area contributed by atoms with Crippen molar-refractivity contribution < 1.29 is 14.0 Å². The second kappa shape index (κ2) is 5.62. The lowest BCUT2D eigenvalue weighted by molar-refractivity contribution is -0.131. The Hall–Kier alpha value is -0.910. The minimum atomic E-state index is 0.142. The monoisotopic (exact) mass is 240 g/mol. The van der Waals surface area contributed by atoms with Gasteiger partial charge >= 0.3 is 0 Å². The average molecular weight is 240 g/mol. The summed E-state index contributed by atoms with van der Waals surface area (Å²) < 4.78 is 16.0. The number of nitrogens with one attached hydrogen (secondary N) is 1. The topological polar surface area (TPSA) is 56.5 Å². The Bertz CT molecular complexity index is 353. The molecule has 1 aliphatic rings. The van der Waals surface area contributed by atoms with Crippen molar-refractivity contribution in [2.24, 2.45) is 0 Å². The van der Waals surface area contributed by atoms with Crippen LogP contribution in [0.4, 0.5) is 0 Å². The van der Waals surface area contributed by atoms with E-state index in [0.717, 1.165) is 24.5 Å². The van der Waals surface area contributed by atoms with Gasteiger partial charge in [0.05, 0.1) is 17.9 Å². The molecule has 3 atom stereocenters. The fraction of sp³-hybridized carbons (Fsp3) is 0.750. The lowest BCUT2D eigenvalue weighted by Gasteiger charge is -2.43. The predicted octanol–water partition coefficient (Wildman–Crippen LogP) is 1.27.